The molecule has 1 unspecified atom stereocenters. The van der Waals surface area contributed by atoms with Crippen LogP contribution in [0.5, 0.6) is 28.9 Å². The Kier molecular flexibility index (Phi) is 8.53. The number of hydrogen-bond acceptors (Lipinski definition) is 9. The van der Waals surface area contributed by atoms with Gasteiger partial charge >= 0.3 is 0 Å². The molecule has 0 saturated carbocycles. The summed E-state index contributed by atoms with van der Waals surface area (Å²) in [5, 5.41) is 0. The maximum absolute atomic E-state index is 12.7. The van der Waals surface area contributed by atoms with E-state index in [9.17, 15) is 13.6 Å². The van der Waals surface area contributed by atoms with E-state index < -0.39 is 17.2 Å². The number of methoxy groups -OCH3 is 2. The molecule has 13 heteroatoms. The van der Waals surface area contributed by atoms with Gasteiger partial charge in [0.15, 0.2) is 29.7 Å². The quantitative estimate of drug-likeness (QED) is 0.263. The first-order chi connectivity index (χ1) is 18.8. The largest absolute Gasteiger partial charge is 0.493 e. The summed E-state index contributed by atoms with van der Waals surface area (Å²) in [6, 6.07) is 16.7. The Morgan fingerprint density at radius 2 is 1.79 bits per heavy atom. The minimum absolute atomic E-state index is 0.0353. The molecule has 202 valence electrons. The third kappa shape index (κ3) is 6.40. The third-order valence-electron chi connectivity index (χ3n) is 5.22. The predicted octanol–water partition coefficient (Wildman–Crippen LogP) is 3.80. The van der Waals surface area contributed by atoms with Gasteiger partial charge < -0.3 is 24.7 Å². The van der Waals surface area contributed by atoms with Crippen molar-refractivity contribution in [2.24, 2.45) is 5.73 Å². The van der Waals surface area contributed by atoms with E-state index in [0.717, 1.165) is 9.87 Å². The highest BCUT2D eigenvalue weighted by Gasteiger charge is 2.29. The van der Waals surface area contributed by atoms with Gasteiger partial charge in [-0.1, -0.05) is 30.3 Å². The SMILES string of the molecule is COc1ccccc1Oc1c(OC)nc(-c2cccc(OCC(N)=O)c2)nc1N(c1ccc(C)cn1)S(=O)O. The second kappa shape index (κ2) is 12.2. The van der Waals surface area contributed by atoms with E-state index >= 15 is 0 Å². The van der Waals surface area contributed by atoms with Gasteiger partial charge in [0.05, 0.1) is 14.2 Å². The molecule has 39 heavy (non-hydrogen) atoms. The lowest BCUT2D eigenvalue weighted by atomic mass is 10.2. The Hall–Kier alpha value is -4.75. The highest BCUT2D eigenvalue weighted by atomic mass is 32.2. The number of hydrogen-bond donors (Lipinski definition) is 2. The van der Waals surface area contributed by atoms with Gasteiger partial charge in [0.2, 0.25) is 5.75 Å². The topological polar surface area (TPSA) is 159 Å². The maximum atomic E-state index is 12.7. The van der Waals surface area contributed by atoms with Gasteiger partial charge in [-0.15, -0.1) is 0 Å². The zero-order valence-electron chi connectivity index (χ0n) is 21.2. The summed E-state index contributed by atoms with van der Waals surface area (Å²) in [5.74, 6) is 0.430. The number of ether oxygens (including phenoxy) is 4. The number of anilines is 2. The summed E-state index contributed by atoms with van der Waals surface area (Å²) in [6.07, 6.45) is 1.55. The molecule has 0 aliphatic carbocycles. The number of nitrogens with two attached hydrogens (primary N) is 1. The first-order valence-electron chi connectivity index (χ1n) is 11.4. The molecule has 0 radical (unpaired) electrons. The number of aromatic nitrogens is 3. The number of benzene rings is 2. The van der Waals surface area contributed by atoms with E-state index in [1.165, 1.54) is 14.2 Å². The van der Waals surface area contributed by atoms with Gasteiger partial charge in [-0.25, -0.2) is 14.2 Å². The predicted molar refractivity (Wildman–Crippen MR) is 144 cm³/mol. The number of para-hydroxylation sites is 2. The third-order valence-corrected chi connectivity index (χ3v) is 5.89. The second-order valence-corrected chi connectivity index (χ2v) is 8.79. The van der Waals surface area contributed by atoms with E-state index in [1.807, 2.05) is 6.92 Å². The van der Waals surface area contributed by atoms with Crippen LogP contribution in [0.1, 0.15) is 5.56 Å². The van der Waals surface area contributed by atoms with Crippen molar-refractivity contribution in [1.82, 2.24) is 15.0 Å². The Balaban J connectivity index is 1.92. The van der Waals surface area contributed by atoms with Crippen LogP contribution in [0.25, 0.3) is 11.4 Å². The van der Waals surface area contributed by atoms with Crippen LogP contribution < -0.4 is 29.0 Å². The number of amides is 1. The number of aryl methyl sites for hydroxylation is 1. The van der Waals surface area contributed by atoms with Gasteiger partial charge in [0.25, 0.3) is 23.1 Å². The van der Waals surface area contributed by atoms with Crippen LogP contribution >= 0.6 is 0 Å². The van der Waals surface area contributed by atoms with E-state index in [1.54, 1.807) is 66.9 Å². The van der Waals surface area contributed by atoms with Crippen molar-refractivity contribution in [1.29, 1.82) is 0 Å². The molecule has 0 fully saturated rings. The summed E-state index contributed by atoms with van der Waals surface area (Å²) in [6.45, 7) is 1.52. The van der Waals surface area contributed by atoms with Crippen LogP contribution in [0.15, 0.2) is 66.9 Å². The Morgan fingerprint density at radius 1 is 1.03 bits per heavy atom. The molecule has 1 atom stereocenters. The van der Waals surface area contributed by atoms with Crippen LogP contribution in [-0.4, -0.2) is 50.4 Å². The lowest BCUT2D eigenvalue weighted by Crippen LogP contribution is -2.23. The average molecular weight is 552 g/mol. The van der Waals surface area contributed by atoms with E-state index in [-0.39, 0.29) is 35.7 Å². The minimum Gasteiger partial charge on any atom is -0.493 e. The maximum Gasteiger partial charge on any atom is 0.269 e. The molecular formula is C26H25N5O7S. The van der Waals surface area contributed by atoms with Crippen molar-refractivity contribution in [2.75, 3.05) is 25.1 Å². The van der Waals surface area contributed by atoms with Crippen LogP contribution in [0.2, 0.25) is 0 Å². The minimum atomic E-state index is -2.64. The van der Waals surface area contributed by atoms with Crippen molar-refractivity contribution >= 4 is 28.8 Å². The number of nitrogens with zero attached hydrogens (tertiary/aromatic N) is 4. The highest BCUT2D eigenvalue weighted by Crippen LogP contribution is 2.44. The number of carbonyl (C=O) groups excluding carboxylic acids is 1. The summed E-state index contributed by atoms with van der Waals surface area (Å²) < 4.78 is 46.6. The summed E-state index contributed by atoms with van der Waals surface area (Å²) in [5.41, 5.74) is 6.49. The standard InChI is InChI=1S/C26H25N5O7S/c1-16-11-12-22(28-14-16)31(39(33)34)25-23(38-20-10-5-4-9-19(20)35-2)26(36-3)30-24(29-25)17-7-6-8-18(13-17)37-15-21(27)32/h4-14H,15H2,1-3H3,(H2,27,32)(H,33,34). The second-order valence-electron chi connectivity index (χ2n) is 7.96. The lowest BCUT2D eigenvalue weighted by Gasteiger charge is -2.23. The van der Waals surface area contributed by atoms with Crippen molar-refractivity contribution in [3.05, 3.63) is 72.4 Å². The normalized spacial score (nSPS) is 11.4. The van der Waals surface area contributed by atoms with E-state index in [4.69, 9.17) is 24.7 Å². The van der Waals surface area contributed by atoms with Crippen LogP contribution in [0, 0.1) is 6.92 Å². The summed E-state index contributed by atoms with van der Waals surface area (Å²) >= 11 is -2.64. The van der Waals surface area contributed by atoms with Gasteiger partial charge in [-0.3, -0.25) is 9.35 Å². The molecule has 4 rings (SSSR count). The first-order valence-corrected chi connectivity index (χ1v) is 12.5. The van der Waals surface area contributed by atoms with Crippen molar-refractivity contribution in [2.45, 2.75) is 6.92 Å². The molecule has 2 aromatic carbocycles. The van der Waals surface area contributed by atoms with E-state index in [0.29, 0.717) is 22.8 Å². The first kappa shape index (κ1) is 27.3. The van der Waals surface area contributed by atoms with Gasteiger partial charge in [0, 0.05) is 11.8 Å². The molecule has 2 heterocycles. The molecule has 2 aromatic heterocycles. The molecule has 1 amide bonds. The summed E-state index contributed by atoms with van der Waals surface area (Å²) in [7, 11) is 2.86. The zero-order chi connectivity index (χ0) is 27.9. The fourth-order valence-electron chi connectivity index (χ4n) is 3.45. The monoisotopic (exact) mass is 551 g/mol. The fraction of sp³-hybridized carbons (Fsp3) is 0.154. The molecule has 3 N–H and O–H groups in total. The number of pyridine rings is 1. The molecule has 0 bridgehead atoms. The van der Waals surface area contributed by atoms with Crippen LogP contribution in [0.4, 0.5) is 11.6 Å². The molecule has 0 aliphatic rings. The molecular weight excluding hydrogens is 526 g/mol. The average Bonchev–Trinajstić information content (AvgIpc) is 2.94. The smallest absolute Gasteiger partial charge is 0.269 e. The molecule has 0 spiro atoms. The lowest BCUT2D eigenvalue weighted by molar-refractivity contribution is -0.119. The molecule has 12 nitrogen and oxygen atoms in total. The number of rotatable bonds is 11. The Labute approximate surface area is 226 Å². The fourth-order valence-corrected chi connectivity index (χ4v) is 3.99. The van der Waals surface area contributed by atoms with Crippen molar-refractivity contribution in [3.63, 3.8) is 0 Å². The zero-order valence-corrected chi connectivity index (χ0v) is 22.0. The van der Waals surface area contributed by atoms with Crippen molar-refractivity contribution < 1.29 is 32.5 Å². The van der Waals surface area contributed by atoms with Crippen LogP contribution in [0.3, 0.4) is 0 Å². The molecule has 4 aromatic rings. The van der Waals surface area contributed by atoms with Gasteiger partial charge in [0.1, 0.15) is 11.6 Å². The highest BCUT2D eigenvalue weighted by molar-refractivity contribution is 7.81. The van der Waals surface area contributed by atoms with Gasteiger partial charge in [-0.05, 0) is 42.8 Å². The molecule has 0 aliphatic heterocycles. The Morgan fingerprint density at radius 3 is 2.44 bits per heavy atom. The molecule has 0 saturated heterocycles. The van der Waals surface area contributed by atoms with Gasteiger partial charge in [-0.2, -0.15) is 9.29 Å². The summed E-state index contributed by atoms with van der Waals surface area (Å²) in [4.78, 5) is 24.5. The number of carbonyl (C=O) groups is 1. The van der Waals surface area contributed by atoms with E-state index in [2.05, 4.69) is 15.0 Å². The van der Waals surface area contributed by atoms with Crippen molar-refractivity contribution in [3.8, 4) is 40.3 Å². The van der Waals surface area contributed by atoms with Crippen LogP contribution in [-0.2, 0) is 16.1 Å². The number of primary amides is 1. The Bertz CT molecular complexity index is 1500.